The van der Waals surface area contributed by atoms with Crippen LogP contribution in [0.2, 0.25) is 0 Å². The molecule has 1 fully saturated rings. The normalized spacial score (nSPS) is 14.2. The second-order valence-corrected chi connectivity index (χ2v) is 10.7. The number of imidazole rings is 1. The number of rotatable bonds is 6. The number of pyridine rings is 1. The number of ketones is 1. The van der Waals surface area contributed by atoms with Crippen molar-refractivity contribution in [3.8, 4) is 0 Å². The van der Waals surface area contributed by atoms with Crippen LogP contribution in [0.4, 0.5) is 26.2 Å². The van der Waals surface area contributed by atoms with Crippen molar-refractivity contribution in [2.75, 3.05) is 48.7 Å². The molecule has 3 aromatic rings. The summed E-state index contributed by atoms with van der Waals surface area (Å²) in [5.74, 6) is -1.23. The maximum Gasteiger partial charge on any atom is 0.410 e. The van der Waals surface area contributed by atoms with E-state index in [1.807, 2.05) is 25.7 Å². The number of nitrogens with zero attached hydrogens (tertiary/aromatic N) is 5. The van der Waals surface area contributed by atoms with E-state index in [0.29, 0.717) is 43.1 Å². The van der Waals surface area contributed by atoms with Gasteiger partial charge in [0.25, 0.3) is 5.91 Å². The Morgan fingerprint density at radius 1 is 1.18 bits per heavy atom. The molecule has 40 heavy (non-hydrogen) atoms. The minimum atomic E-state index is -0.589. The summed E-state index contributed by atoms with van der Waals surface area (Å²) in [6.07, 6.45) is 4.34. The van der Waals surface area contributed by atoms with E-state index in [9.17, 15) is 18.8 Å². The number of carbonyl (C=O) groups excluding carboxylic acids is 3. The second-order valence-electron chi connectivity index (χ2n) is 10.7. The lowest BCUT2D eigenvalue weighted by molar-refractivity contribution is -0.115. The predicted molar refractivity (Wildman–Crippen MR) is 152 cm³/mol. The van der Waals surface area contributed by atoms with Crippen LogP contribution >= 0.6 is 0 Å². The van der Waals surface area contributed by atoms with Crippen molar-refractivity contribution in [1.82, 2.24) is 14.3 Å². The van der Waals surface area contributed by atoms with Crippen molar-refractivity contribution in [2.24, 2.45) is 4.99 Å². The van der Waals surface area contributed by atoms with Crippen LogP contribution in [0, 0.1) is 12.7 Å². The van der Waals surface area contributed by atoms with E-state index in [0.717, 1.165) is 0 Å². The van der Waals surface area contributed by atoms with Gasteiger partial charge in [0.15, 0.2) is 17.2 Å². The lowest BCUT2D eigenvalue weighted by Gasteiger charge is -2.37. The number of aliphatic imine (C=N–C) groups is 1. The number of aryl methyl sites for hydroxylation is 1. The van der Waals surface area contributed by atoms with Gasteiger partial charge in [0.2, 0.25) is 0 Å². The highest BCUT2D eigenvalue weighted by molar-refractivity contribution is 6.11. The fraction of sp³-hybridized carbons (Fsp3) is 0.393. The molecule has 0 bridgehead atoms. The van der Waals surface area contributed by atoms with Gasteiger partial charge in [0.05, 0.1) is 29.2 Å². The van der Waals surface area contributed by atoms with Gasteiger partial charge in [-0.3, -0.25) is 14.6 Å². The Balaban J connectivity index is 1.59. The number of fused-ring (bicyclic) bond motifs is 1. The summed E-state index contributed by atoms with van der Waals surface area (Å²) in [6.45, 7) is 10.5. The number of halogens is 1. The van der Waals surface area contributed by atoms with Gasteiger partial charge in [-0.25, -0.2) is 14.2 Å². The van der Waals surface area contributed by atoms with Crippen molar-refractivity contribution in [2.45, 2.75) is 40.2 Å². The molecule has 0 aliphatic carbocycles. The van der Waals surface area contributed by atoms with E-state index in [2.05, 4.69) is 15.3 Å². The van der Waals surface area contributed by atoms with Crippen LogP contribution in [0.15, 0.2) is 35.6 Å². The molecule has 0 unspecified atom stereocenters. The molecule has 1 aromatic carbocycles. The molecule has 12 heteroatoms. The Morgan fingerprint density at radius 3 is 2.52 bits per heavy atom. The number of amides is 2. The minimum Gasteiger partial charge on any atom is -0.444 e. The highest BCUT2D eigenvalue weighted by atomic mass is 19.1. The maximum atomic E-state index is 14.5. The topological polar surface area (TPSA) is 135 Å². The first-order valence-electron chi connectivity index (χ1n) is 12.9. The van der Waals surface area contributed by atoms with Crippen molar-refractivity contribution in [3.63, 3.8) is 0 Å². The third kappa shape index (κ3) is 6.56. The lowest BCUT2D eigenvalue weighted by Crippen LogP contribution is -2.50. The molecule has 2 aromatic heterocycles. The van der Waals surface area contributed by atoms with Crippen molar-refractivity contribution < 1.29 is 23.5 Å². The molecule has 0 radical (unpaired) electrons. The molecule has 0 spiro atoms. The average molecular weight is 552 g/mol. The monoisotopic (exact) mass is 551 g/mol. The number of carbonyl (C=O) groups is 3. The molecule has 212 valence electrons. The summed E-state index contributed by atoms with van der Waals surface area (Å²) in [5, 5.41) is 2.70. The summed E-state index contributed by atoms with van der Waals surface area (Å²) < 4.78 is 21.5. The number of aromatic nitrogens is 2. The summed E-state index contributed by atoms with van der Waals surface area (Å²) >= 11 is 0. The van der Waals surface area contributed by atoms with E-state index < -0.39 is 17.3 Å². The molecule has 0 saturated carbocycles. The Labute approximate surface area is 231 Å². The standard InChI is InChI=1S/C28H34FN7O4/c1-17-15-36-16-19(12-22(29)25(36)32-17)33-26(38)20-6-7-23(21(24(20)30)14-31-13-18(2)37)34-8-10-35(11-9-34)27(39)40-28(3,4)5/h6-7,12,14-16H,8-11,13,30H2,1-5H3,(H,33,38). The van der Waals surface area contributed by atoms with Crippen LogP contribution in [0.5, 0.6) is 0 Å². The number of benzene rings is 1. The Morgan fingerprint density at radius 2 is 1.88 bits per heavy atom. The van der Waals surface area contributed by atoms with Crippen LogP contribution in [-0.2, 0) is 9.53 Å². The van der Waals surface area contributed by atoms with E-state index in [-0.39, 0.29) is 41.0 Å². The highest BCUT2D eigenvalue weighted by Crippen LogP contribution is 2.30. The van der Waals surface area contributed by atoms with Crippen LogP contribution in [-0.4, -0.2) is 76.6 Å². The zero-order chi connectivity index (χ0) is 29.2. The Kier molecular flexibility index (Phi) is 8.08. The largest absolute Gasteiger partial charge is 0.444 e. The van der Waals surface area contributed by atoms with Gasteiger partial charge >= 0.3 is 6.09 Å². The van der Waals surface area contributed by atoms with Gasteiger partial charge in [0, 0.05) is 62.1 Å². The van der Waals surface area contributed by atoms with Gasteiger partial charge in [0.1, 0.15) is 5.60 Å². The number of hydrogen-bond donors (Lipinski definition) is 2. The number of ether oxygens (including phenoxy) is 1. The van der Waals surface area contributed by atoms with Crippen molar-refractivity contribution in [3.05, 3.63) is 53.2 Å². The predicted octanol–water partition coefficient (Wildman–Crippen LogP) is 3.68. The van der Waals surface area contributed by atoms with Gasteiger partial charge in [-0.1, -0.05) is 0 Å². The van der Waals surface area contributed by atoms with Crippen LogP contribution in [0.25, 0.3) is 5.65 Å². The molecular weight excluding hydrogens is 517 g/mol. The minimum absolute atomic E-state index is 0.0364. The van der Waals surface area contributed by atoms with E-state index in [1.165, 1.54) is 23.6 Å². The van der Waals surface area contributed by atoms with Crippen LogP contribution < -0.4 is 16.0 Å². The quantitative estimate of drug-likeness (QED) is 0.352. The molecule has 2 amide bonds. The fourth-order valence-corrected chi connectivity index (χ4v) is 4.40. The maximum absolute atomic E-state index is 14.5. The molecule has 3 N–H and O–H groups in total. The average Bonchev–Trinajstić information content (AvgIpc) is 3.24. The summed E-state index contributed by atoms with van der Waals surface area (Å²) in [4.78, 5) is 49.2. The van der Waals surface area contributed by atoms with Gasteiger partial charge in [-0.05, 0) is 46.8 Å². The first kappa shape index (κ1) is 28.5. The van der Waals surface area contributed by atoms with Crippen molar-refractivity contribution >= 4 is 46.7 Å². The SMILES string of the molecule is CC(=O)CN=Cc1c(N2CCN(C(=O)OC(C)(C)C)CC2)ccc(C(=O)Nc2cc(F)c3nc(C)cn3c2)c1N. The third-order valence-corrected chi connectivity index (χ3v) is 6.20. The van der Waals surface area contributed by atoms with Gasteiger partial charge in [-0.2, -0.15) is 0 Å². The Bertz CT molecular complexity index is 1480. The summed E-state index contributed by atoms with van der Waals surface area (Å²) in [5.41, 5.74) is 8.47. The van der Waals surface area contributed by atoms with Crippen LogP contribution in [0.1, 0.15) is 49.3 Å². The molecule has 1 aliphatic rings. The van der Waals surface area contributed by atoms with Gasteiger partial charge in [-0.15, -0.1) is 0 Å². The highest BCUT2D eigenvalue weighted by Gasteiger charge is 2.27. The number of piperazine rings is 1. The Hall–Kier alpha value is -4.48. The van der Waals surface area contributed by atoms with E-state index >= 15 is 0 Å². The molecule has 11 nitrogen and oxygen atoms in total. The fourth-order valence-electron chi connectivity index (χ4n) is 4.40. The molecule has 4 rings (SSSR count). The van der Waals surface area contributed by atoms with E-state index in [4.69, 9.17) is 10.5 Å². The molecule has 1 saturated heterocycles. The molecular formula is C28H34FN7O4. The lowest BCUT2D eigenvalue weighted by atomic mass is 10.0. The van der Waals surface area contributed by atoms with Gasteiger partial charge < -0.3 is 30.0 Å². The zero-order valence-corrected chi connectivity index (χ0v) is 23.3. The smallest absolute Gasteiger partial charge is 0.410 e. The number of Topliss-reactive ketones (excluding diaryl/α,β-unsaturated/α-hetero) is 1. The number of hydrogen-bond acceptors (Lipinski definition) is 8. The molecule has 1 aliphatic heterocycles. The number of nitrogens with one attached hydrogen (secondary N) is 1. The summed E-state index contributed by atoms with van der Waals surface area (Å²) in [6, 6.07) is 4.55. The van der Waals surface area contributed by atoms with E-state index in [1.54, 1.807) is 36.4 Å². The number of nitrogen functional groups attached to an aromatic ring is 1. The van der Waals surface area contributed by atoms with Crippen molar-refractivity contribution in [1.29, 1.82) is 0 Å². The first-order valence-corrected chi connectivity index (χ1v) is 12.9. The third-order valence-electron chi connectivity index (χ3n) is 6.20. The molecule has 3 heterocycles. The first-order chi connectivity index (χ1) is 18.8. The second kappa shape index (κ2) is 11.3. The summed E-state index contributed by atoms with van der Waals surface area (Å²) in [7, 11) is 0. The zero-order valence-electron chi connectivity index (χ0n) is 23.3. The molecule has 0 atom stereocenters. The van der Waals surface area contributed by atoms with Crippen LogP contribution in [0.3, 0.4) is 0 Å². The number of anilines is 3. The number of nitrogens with two attached hydrogens (primary N) is 1.